The molecule has 245 valence electrons. The zero-order valence-corrected chi connectivity index (χ0v) is 29.6. The molecule has 0 atom stereocenters. The molecule has 4 heterocycles. The summed E-state index contributed by atoms with van der Waals surface area (Å²) in [5.74, 6) is 0.808. The maximum atomic E-state index is 13.4. The number of thiocarbonyl (C=S) groups is 1. The van der Waals surface area contributed by atoms with Crippen molar-refractivity contribution in [1.29, 1.82) is 0 Å². The van der Waals surface area contributed by atoms with Crippen LogP contribution < -0.4 is 20.1 Å². The topological polar surface area (TPSA) is 160 Å². The van der Waals surface area contributed by atoms with Gasteiger partial charge >= 0.3 is 5.97 Å². The van der Waals surface area contributed by atoms with Crippen molar-refractivity contribution in [3.05, 3.63) is 119 Å². The van der Waals surface area contributed by atoms with Crippen LogP contribution in [0.15, 0.2) is 91.3 Å². The number of imidazole rings is 1. The maximum Gasteiger partial charge on any atom is 0.340 e. The van der Waals surface area contributed by atoms with E-state index in [1.165, 1.54) is 24.3 Å². The molecule has 0 saturated carbocycles. The molecule has 4 aromatic carbocycles. The number of anilines is 1. The predicted octanol–water partition coefficient (Wildman–Crippen LogP) is 5.37. The molecule has 0 aliphatic carbocycles. The number of hydrogen-bond acceptors (Lipinski definition) is 10. The minimum Gasteiger partial charge on any atom is -0.508 e. The Morgan fingerprint density at radius 3 is 2.32 bits per heavy atom. The molecule has 14 heteroatoms. The van der Waals surface area contributed by atoms with E-state index in [1.807, 2.05) is 24.3 Å². The van der Waals surface area contributed by atoms with Crippen LogP contribution in [0.25, 0.3) is 16.9 Å². The number of nitrogens with zero attached hydrogens (tertiary/aromatic N) is 3. The Balaban J connectivity index is 0.00000392. The van der Waals surface area contributed by atoms with Gasteiger partial charge in [0.2, 0.25) is 5.88 Å². The SMILES string of the molecule is Cc1nc2cnc(-c3ccc(OCCNC(=S)Nc4ccc5c(c4)C(=O)OC54c5ccc(O)cc5Oc5cc(O)ccc54)cc3)cn2c1O.[Na]. The molecular formula is C36H27N5NaO7S. The third-order valence-electron chi connectivity index (χ3n) is 8.49. The van der Waals surface area contributed by atoms with E-state index in [-0.39, 0.29) is 46.9 Å². The number of rotatable bonds is 6. The number of aryl methyl sites for hydroxylation is 1. The summed E-state index contributed by atoms with van der Waals surface area (Å²) in [4.78, 5) is 22.1. The van der Waals surface area contributed by atoms with Gasteiger partial charge in [-0.05, 0) is 79.8 Å². The van der Waals surface area contributed by atoms with Gasteiger partial charge in [-0.2, -0.15) is 0 Å². The number of fused-ring (bicyclic) bond motifs is 7. The molecule has 0 unspecified atom stereocenters. The first-order chi connectivity index (χ1) is 23.7. The Bertz CT molecular complexity index is 2280. The molecule has 8 rings (SSSR count). The third kappa shape index (κ3) is 5.63. The Kier molecular flexibility index (Phi) is 8.52. The van der Waals surface area contributed by atoms with Crippen molar-refractivity contribution in [2.75, 3.05) is 18.5 Å². The summed E-state index contributed by atoms with van der Waals surface area (Å²) in [6.07, 6.45) is 3.35. The zero-order chi connectivity index (χ0) is 33.9. The Morgan fingerprint density at radius 2 is 1.62 bits per heavy atom. The van der Waals surface area contributed by atoms with Crippen LogP contribution in [-0.4, -0.2) is 83.5 Å². The van der Waals surface area contributed by atoms with Gasteiger partial charge in [0.05, 0.1) is 24.0 Å². The van der Waals surface area contributed by atoms with E-state index in [9.17, 15) is 20.1 Å². The molecule has 50 heavy (non-hydrogen) atoms. The largest absolute Gasteiger partial charge is 0.508 e. The van der Waals surface area contributed by atoms with Crippen LogP contribution in [0.4, 0.5) is 5.69 Å². The first kappa shape index (κ1) is 33.2. The van der Waals surface area contributed by atoms with E-state index >= 15 is 0 Å². The fourth-order valence-corrected chi connectivity index (χ4v) is 6.44. The van der Waals surface area contributed by atoms with Gasteiger partial charge < -0.3 is 40.2 Å². The summed E-state index contributed by atoms with van der Waals surface area (Å²) < 4.78 is 19.6. The molecule has 5 N–H and O–H groups in total. The van der Waals surface area contributed by atoms with Crippen LogP contribution in [0.1, 0.15) is 32.7 Å². The van der Waals surface area contributed by atoms with E-state index in [2.05, 4.69) is 20.6 Å². The van der Waals surface area contributed by atoms with Gasteiger partial charge in [0.25, 0.3) is 0 Å². The van der Waals surface area contributed by atoms with Gasteiger partial charge in [0.15, 0.2) is 16.4 Å². The first-order valence-electron chi connectivity index (χ1n) is 15.2. The van der Waals surface area contributed by atoms with E-state index in [0.29, 0.717) is 80.5 Å². The molecule has 1 spiro atoms. The van der Waals surface area contributed by atoms with E-state index in [0.717, 1.165) is 5.56 Å². The first-order valence-corrected chi connectivity index (χ1v) is 15.6. The molecule has 12 nitrogen and oxygen atoms in total. The summed E-state index contributed by atoms with van der Waals surface area (Å²) in [5, 5.41) is 37.0. The van der Waals surface area contributed by atoms with Gasteiger partial charge in [-0.3, -0.25) is 9.38 Å². The van der Waals surface area contributed by atoms with E-state index in [4.69, 9.17) is 26.4 Å². The predicted molar refractivity (Wildman–Crippen MR) is 188 cm³/mol. The minimum absolute atomic E-state index is 0. The van der Waals surface area contributed by atoms with Crippen LogP contribution >= 0.6 is 12.2 Å². The van der Waals surface area contributed by atoms with Gasteiger partial charge in [0, 0.05) is 75.8 Å². The Hall–Kier alpha value is -5.34. The summed E-state index contributed by atoms with van der Waals surface area (Å²) in [7, 11) is 0. The van der Waals surface area contributed by atoms with Crippen LogP contribution in [0.3, 0.4) is 0 Å². The molecule has 2 aliphatic rings. The average molecular weight is 697 g/mol. The van der Waals surface area contributed by atoms with E-state index in [1.54, 1.807) is 54.0 Å². The second-order valence-corrected chi connectivity index (χ2v) is 12.0. The monoisotopic (exact) mass is 696 g/mol. The molecular weight excluding hydrogens is 669 g/mol. The fourth-order valence-electron chi connectivity index (χ4n) is 6.22. The third-order valence-corrected chi connectivity index (χ3v) is 8.74. The molecule has 0 bridgehead atoms. The number of aromatic nitrogens is 3. The average Bonchev–Trinajstić information content (AvgIpc) is 3.54. The molecule has 2 aliphatic heterocycles. The van der Waals surface area contributed by atoms with Crippen LogP contribution in [0.2, 0.25) is 0 Å². The molecule has 2 aromatic heterocycles. The summed E-state index contributed by atoms with van der Waals surface area (Å²) >= 11 is 5.50. The van der Waals surface area contributed by atoms with Crippen LogP contribution in [-0.2, 0) is 10.3 Å². The van der Waals surface area contributed by atoms with Crippen molar-refractivity contribution < 1.29 is 34.3 Å². The summed E-state index contributed by atoms with van der Waals surface area (Å²) in [5.41, 5.74) is 3.92. The quantitative estimate of drug-likeness (QED) is 0.0657. The minimum atomic E-state index is -1.34. The normalized spacial score (nSPS) is 13.3. The zero-order valence-electron chi connectivity index (χ0n) is 26.8. The van der Waals surface area contributed by atoms with E-state index < -0.39 is 11.6 Å². The number of aromatic hydroxyl groups is 3. The van der Waals surface area contributed by atoms with Crippen molar-refractivity contribution >= 4 is 64.2 Å². The smallest absolute Gasteiger partial charge is 0.340 e. The van der Waals surface area contributed by atoms with Crippen molar-refractivity contribution in [3.8, 4) is 45.9 Å². The van der Waals surface area contributed by atoms with Crippen molar-refractivity contribution in [2.24, 2.45) is 0 Å². The number of ether oxygens (including phenoxy) is 3. The molecule has 6 aromatic rings. The molecule has 0 fully saturated rings. The fraction of sp³-hybridized carbons (Fsp3) is 0.111. The molecule has 0 saturated heterocycles. The number of phenolic OH excluding ortho intramolecular Hbond substituents is 2. The van der Waals surface area contributed by atoms with Gasteiger partial charge in [-0.15, -0.1) is 0 Å². The van der Waals surface area contributed by atoms with Gasteiger partial charge in [-0.1, -0.05) is 6.07 Å². The number of carbonyl (C=O) groups is 1. The standard InChI is InChI=1S/C36H27N5O7S.Na/c1-19-33(44)41-18-29(38-17-32(41)39-19)20-2-7-24(8-3-20)46-13-12-37-35(49)40-21-4-9-26-25(14-21)34(45)48-36(26)27-10-5-22(42)15-30(27)47-31-16-23(43)6-11-28(31)36;/h2-11,14-18,42-44H,12-13H2,1H3,(H2,37,40,49);. The second kappa shape index (κ2) is 12.8. The van der Waals surface area contributed by atoms with Crippen molar-refractivity contribution in [2.45, 2.75) is 12.5 Å². The Morgan fingerprint density at radius 1 is 0.940 bits per heavy atom. The maximum absolute atomic E-state index is 13.4. The summed E-state index contributed by atoms with van der Waals surface area (Å²) in [6.45, 7) is 2.48. The van der Waals surface area contributed by atoms with Crippen LogP contribution in [0.5, 0.6) is 34.6 Å². The van der Waals surface area contributed by atoms with Crippen molar-refractivity contribution in [3.63, 3.8) is 0 Å². The van der Waals surface area contributed by atoms with Crippen LogP contribution in [0, 0.1) is 6.92 Å². The number of carbonyl (C=O) groups excluding carboxylic acids is 1. The number of nitrogens with one attached hydrogen (secondary N) is 2. The number of hydrogen-bond donors (Lipinski definition) is 5. The van der Waals surface area contributed by atoms with Gasteiger partial charge in [0.1, 0.15) is 41.0 Å². The molecule has 0 amide bonds. The van der Waals surface area contributed by atoms with Crippen molar-refractivity contribution in [1.82, 2.24) is 19.7 Å². The summed E-state index contributed by atoms with van der Waals surface area (Å²) in [6, 6.07) is 22.0. The number of phenols is 2. The van der Waals surface area contributed by atoms with Gasteiger partial charge in [-0.25, -0.2) is 9.78 Å². The Labute approximate surface area is 312 Å². The number of esters is 1. The molecule has 1 radical (unpaired) electrons. The number of benzene rings is 4. The second-order valence-electron chi connectivity index (χ2n) is 11.6.